The predicted molar refractivity (Wildman–Crippen MR) is 71.3 cm³/mol. The van der Waals surface area contributed by atoms with Crippen LogP contribution in [0.25, 0.3) is 0 Å². The molecule has 4 N–H and O–H groups in total. The van der Waals surface area contributed by atoms with Crippen molar-refractivity contribution in [3.8, 4) is 0 Å². The fraction of sp³-hybridized carbons (Fsp3) is 0.500. The third-order valence-corrected chi connectivity index (χ3v) is 3.53. The topological polar surface area (TPSA) is 84.6 Å². The highest BCUT2D eigenvalue weighted by Crippen LogP contribution is 2.18. The molecule has 1 fully saturated rings. The van der Waals surface area contributed by atoms with E-state index >= 15 is 0 Å². The first-order valence-electron chi connectivity index (χ1n) is 6.60. The molecule has 1 aromatic carbocycles. The lowest BCUT2D eigenvalue weighted by Gasteiger charge is -2.32. The van der Waals surface area contributed by atoms with Gasteiger partial charge in [0.25, 0.3) is 0 Å². The molecule has 0 bridgehead atoms. The maximum absolute atomic E-state index is 13.0. The van der Waals surface area contributed by atoms with Crippen molar-refractivity contribution in [3.05, 3.63) is 35.6 Å². The van der Waals surface area contributed by atoms with Gasteiger partial charge in [0.1, 0.15) is 5.82 Å². The van der Waals surface area contributed by atoms with Crippen molar-refractivity contribution in [3.63, 3.8) is 0 Å². The van der Waals surface area contributed by atoms with Crippen LogP contribution in [0.2, 0.25) is 0 Å². The van der Waals surface area contributed by atoms with Crippen LogP contribution in [0, 0.1) is 5.82 Å². The summed E-state index contributed by atoms with van der Waals surface area (Å²) in [7, 11) is 0. The van der Waals surface area contributed by atoms with Crippen LogP contribution in [0.15, 0.2) is 24.3 Å². The minimum atomic E-state index is -0.960. The summed E-state index contributed by atoms with van der Waals surface area (Å²) in [5.41, 5.74) is 5.49. The molecule has 1 aromatic rings. The minimum Gasteiger partial charge on any atom is -0.387 e. The smallest absolute Gasteiger partial charge is 0.240 e. The van der Waals surface area contributed by atoms with Crippen molar-refractivity contribution in [1.29, 1.82) is 0 Å². The molecule has 0 radical (unpaired) electrons. The van der Waals surface area contributed by atoms with E-state index in [0.717, 1.165) is 0 Å². The van der Waals surface area contributed by atoms with Gasteiger partial charge in [-0.05, 0) is 30.5 Å². The summed E-state index contributed by atoms with van der Waals surface area (Å²) in [6.45, 7) is 0.912. The number of carbonyl (C=O) groups is 1. The van der Waals surface area contributed by atoms with E-state index in [4.69, 9.17) is 10.5 Å². The van der Waals surface area contributed by atoms with Crippen LogP contribution in [0.1, 0.15) is 24.5 Å². The molecule has 0 aliphatic carbocycles. The van der Waals surface area contributed by atoms with E-state index in [1.807, 2.05) is 0 Å². The number of carbonyl (C=O) groups excluding carboxylic acids is 1. The first kappa shape index (κ1) is 14.9. The second-order valence-electron chi connectivity index (χ2n) is 5.05. The normalized spacial score (nSPS) is 19.4. The number of halogens is 1. The highest BCUT2D eigenvalue weighted by Gasteiger charge is 2.35. The average Bonchev–Trinajstić information content (AvgIpc) is 2.45. The Morgan fingerprint density at radius 3 is 2.85 bits per heavy atom. The Kier molecular flexibility index (Phi) is 4.69. The molecule has 1 aliphatic rings. The zero-order valence-corrected chi connectivity index (χ0v) is 11.1. The number of rotatable bonds is 4. The molecule has 1 saturated heterocycles. The predicted octanol–water partition coefficient (Wildman–Crippen LogP) is 0.483. The summed E-state index contributed by atoms with van der Waals surface area (Å²) in [4.78, 5) is 12.0. The molecule has 0 aromatic heterocycles. The summed E-state index contributed by atoms with van der Waals surface area (Å²) in [5.74, 6) is -0.733. The Morgan fingerprint density at radius 1 is 1.50 bits per heavy atom. The minimum absolute atomic E-state index is 0.00208. The zero-order valence-electron chi connectivity index (χ0n) is 11.1. The van der Waals surface area contributed by atoms with E-state index in [1.54, 1.807) is 6.07 Å². The quantitative estimate of drug-likeness (QED) is 0.750. The van der Waals surface area contributed by atoms with Gasteiger partial charge in [-0.2, -0.15) is 0 Å². The monoisotopic (exact) mass is 282 g/mol. The number of aliphatic hydroxyl groups is 1. The summed E-state index contributed by atoms with van der Waals surface area (Å²) in [6.07, 6.45) is -0.0536. The van der Waals surface area contributed by atoms with Gasteiger partial charge >= 0.3 is 0 Å². The number of benzene rings is 1. The molecule has 110 valence electrons. The second-order valence-corrected chi connectivity index (χ2v) is 5.05. The number of hydrogen-bond donors (Lipinski definition) is 3. The molecule has 0 saturated carbocycles. The van der Waals surface area contributed by atoms with Crippen LogP contribution >= 0.6 is 0 Å². The van der Waals surface area contributed by atoms with E-state index in [0.29, 0.717) is 31.6 Å². The van der Waals surface area contributed by atoms with Crippen molar-refractivity contribution in [2.24, 2.45) is 5.73 Å². The largest absolute Gasteiger partial charge is 0.387 e. The van der Waals surface area contributed by atoms with Crippen molar-refractivity contribution in [2.75, 3.05) is 19.8 Å². The van der Waals surface area contributed by atoms with Gasteiger partial charge in [-0.25, -0.2) is 4.39 Å². The molecule has 1 amide bonds. The summed E-state index contributed by atoms with van der Waals surface area (Å²) in [6, 6.07) is 5.65. The molecule has 6 heteroatoms. The fourth-order valence-electron chi connectivity index (χ4n) is 2.16. The highest BCUT2D eigenvalue weighted by atomic mass is 19.1. The van der Waals surface area contributed by atoms with Crippen LogP contribution in [-0.4, -0.2) is 36.3 Å². The SMILES string of the molecule is NC1(C(=O)NCC(O)c2cccc(F)c2)CCOCC1. The van der Waals surface area contributed by atoms with Crippen LogP contribution in [0.4, 0.5) is 4.39 Å². The lowest BCUT2D eigenvalue weighted by molar-refractivity contribution is -0.130. The van der Waals surface area contributed by atoms with Crippen molar-refractivity contribution < 1.29 is 19.0 Å². The first-order chi connectivity index (χ1) is 9.51. The number of ether oxygens (including phenoxy) is 1. The zero-order chi connectivity index (χ0) is 14.6. The maximum Gasteiger partial charge on any atom is 0.240 e. The van der Waals surface area contributed by atoms with Gasteiger partial charge in [0.2, 0.25) is 5.91 Å². The molecular weight excluding hydrogens is 263 g/mol. The number of aliphatic hydroxyl groups excluding tert-OH is 1. The molecular formula is C14H19FN2O3. The van der Waals surface area contributed by atoms with Gasteiger partial charge in [-0.3, -0.25) is 4.79 Å². The summed E-state index contributed by atoms with van der Waals surface area (Å²) in [5, 5.41) is 12.5. The van der Waals surface area contributed by atoms with Crippen LogP contribution < -0.4 is 11.1 Å². The molecule has 20 heavy (non-hydrogen) atoms. The maximum atomic E-state index is 13.0. The van der Waals surface area contributed by atoms with E-state index in [1.165, 1.54) is 18.2 Å². The van der Waals surface area contributed by atoms with Gasteiger partial charge in [0.15, 0.2) is 0 Å². The Morgan fingerprint density at radius 2 is 2.20 bits per heavy atom. The van der Waals surface area contributed by atoms with Gasteiger partial charge < -0.3 is 20.9 Å². The standard InChI is InChI=1S/C14H19FN2O3/c15-11-3-1-2-10(8-11)12(18)9-17-13(19)14(16)4-6-20-7-5-14/h1-3,8,12,18H,4-7,9,16H2,(H,17,19). The Balaban J connectivity index is 1.89. The number of nitrogens with two attached hydrogens (primary N) is 1. The average molecular weight is 282 g/mol. The number of hydrogen-bond acceptors (Lipinski definition) is 4. The van der Waals surface area contributed by atoms with E-state index in [-0.39, 0.29) is 12.5 Å². The van der Waals surface area contributed by atoms with E-state index in [9.17, 15) is 14.3 Å². The Hall–Kier alpha value is -1.50. The lowest BCUT2D eigenvalue weighted by Crippen LogP contribution is -2.57. The third kappa shape index (κ3) is 3.53. The van der Waals surface area contributed by atoms with Gasteiger partial charge in [0, 0.05) is 19.8 Å². The summed E-state index contributed by atoms with van der Waals surface area (Å²) < 4.78 is 18.2. The fourth-order valence-corrected chi connectivity index (χ4v) is 2.16. The summed E-state index contributed by atoms with van der Waals surface area (Å²) >= 11 is 0. The Labute approximate surface area is 116 Å². The molecule has 1 unspecified atom stereocenters. The molecule has 0 spiro atoms. The third-order valence-electron chi connectivity index (χ3n) is 3.53. The van der Waals surface area contributed by atoms with Crippen LogP contribution in [-0.2, 0) is 9.53 Å². The van der Waals surface area contributed by atoms with E-state index < -0.39 is 17.5 Å². The second kappa shape index (κ2) is 6.30. The van der Waals surface area contributed by atoms with Crippen molar-refractivity contribution >= 4 is 5.91 Å². The molecule has 1 heterocycles. The van der Waals surface area contributed by atoms with Gasteiger partial charge in [-0.15, -0.1) is 0 Å². The van der Waals surface area contributed by atoms with Crippen molar-refractivity contribution in [2.45, 2.75) is 24.5 Å². The van der Waals surface area contributed by atoms with Gasteiger partial charge in [-0.1, -0.05) is 12.1 Å². The van der Waals surface area contributed by atoms with Crippen LogP contribution in [0.3, 0.4) is 0 Å². The molecule has 1 aliphatic heterocycles. The number of amides is 1. The van der Waals surface area contributed by atoms with Crippen molar-refractivity contribution in [1.82, 2.24) is 5.32 Å². The molecule has 2 rings (SSSR count). The van der Waals surface area contributed by atoms with Gasteiger partial charge in [0.05, 0.1) is 11.6 Å². The first-order valence-corrected chi connectivity index (χ1v) is 6.60. The Bertz CT molecular complexity index is 475. The highest BCUT2D eigenvalue weighted by molar-refractivity contribution is 5.86. The number of nitrogens with one attached hydrogen (secondary N) is 1. The molecule has 5 nitrogen and oxygen atoms in total. The molecule has 1 atom stereocenters. The van der Waals surface area contributed by atoms with E-state index in [2.05, 4.69) is 5.32 Å². The van der Waals surface area contributed by atoms with Crippen LogP contribution in [0.5, 0.6) is 0 Å². The lowest BCUT2D eigenvalue weighted by atomic mass is 9.90.